The summed E-state index contributed by atoms with van der Waals surface area (Å²) in [6, 6.07) is 0. The highest BCUT2D eigenvalue weighted by molar-refractivity contribution is 5.90. The standard InChI is InChI=1S/C16H22O5/c1-2-15(17)21-12-6-4-3-5-11-20-14-9-7-13(8-10-14)16(18)19/h2,7-9,14H,1,3-6,10-12H2,(H,18,19)/i14D. The average molecular weight is 295 g/mol. The SMILES string of the molecule is [2H]C1(OCCCCCCOC(=O)C=C)C=CC(C(=O)O)=CC1. The van der Waals surface area contributed by atoms with Crippen LogP contribution >= 0.6 is 0 Å². The summed E-state index contributed by atoms with van der Waals surface area (Å²) in [5.74, 6) is -1.40. The molecule has 0 radical (unpaired) electrons. The van der Waals surface area contributed by atoms with Crippen LogP contribution in [0.3, 0.4) is 0 Å². The monoisotopic (exact) mass is 295 g/mol. The van der Waals surface area contributed by atoms with E-state index in [4.69, 9.17) is 16.0 Å². The highest BCUT2D eigenvalue weighted by Crippen LogP contribution is 2.14. The van der Waals surface area contributed by atoms with Gasteiger partial charge in [-0.1, -0.05) is 25.2 Å². The van der Waals surface area contributed by atoms with Gasteiger partial charge in [0.2, 0.25) is 0 Å². The number of carboxylic acid groups (broad SMARTS) is 1. The zero-order valence-electron chi connectivity index (χ0n) is 13.0. The van der Waals surface area contributed by atoms with Gasteiger partial charge in [0.25, 0.3) is 0 Å². The van der Waals surface area contributed by atoms with Crippen molar-refractivity contribution < 1.29 is 25.5 Å². The van der Waals surface area contributed by atoms with E-state index in [1.807, 2.05) is 0 Å². The molecular weight excluding hydrogens is 272 g/mol. The van der Waals surface area contributed by atoms with E-state index in [9.17, 15) is 9.59 Å². The summed E-state index contributed by atoms with van der Waals surface area (Å²) < 4.78 is 18.4. The van der Waals surface area contributed by atoms with Crippen molar-refractivity contribution in [2.45, 2.75) is 38.2 Å². The molecule has 0 saturated carbocycles. The van der Waals surface area contributed by atoms with Gasteiger partial charge in [0.1, 0.15) is 0 Å². The fourth-order valence-electron chi connectivity index (χ4n) is 1.79. The van der Waals surface area contributed by atoms with E-state index >= 15 is 0 Å². The normalized spacial score (nSPS) is 21.3. The van der Waals surface area contributed by atoms with E-state index < -0.39 is 18.0 Å². The highest BCUT2D eigenvalue weighted by Gasteiger charge is 2.12. The zero-order valence-corrected chi connectivity index (χ0v) is 12.0. The third-order valence-corrected chi connectivity index (χ3v) is 2.96. The van der Waals surface area contributed by atoms with Gasteiger partial charge in [0.05, 0.1) is 19.6 Å². The van der Waals surface area contributed by atoms with Gasteiger partial charge in [-0.2, -0.15) is 0 Å². The summed E-state index contributed by atoms with van der Waals surface area (Å²) in [6.45, 7) is 4.14. The molecule has 0 aliphatic heterocycles. The molecule has 0 aromatic rings. The lowest BCUT2D eigenvalue weighted by Crippen LogP contribution is -2.14. The predicted octanol–water partition coefficient (Wildman–Crippen LogP) is 2.63. The Kier molecular flexibility index (Phi) is 7.34. The number of ether oxygens (including phenoxy) is 2. The smallest absolute Gasteiger partial charge is 0.335 e. The second-order valence-electron chi connectivity index (χ2n) is 4.60. The molecule has 21 heavy (non-hydrogen) atoms. The van der Waals surface area contributed by atoms with Crippen molar-refractivity contribution in [1.82, 2.24) is 0 Å². The fourth-order valence-corrected chi connectivity index (χ4v) is 1.79. The number of carbonyl (C=O) groups excluding carboxylic acids is 1. The highest BCUT2D eigenvalue weighted by atomic mass is 16.5. The van der Waals surface area contributed by atoms with E-state index in [2.05, 4.69) is 6.58 Å². The van der Waals surface area contributed by atoms with Crippen LogP contribution in [-0.2, 0) is 19.1 Å². The maximum absolute atomic E-state index is 10.8. The first-order chi connectivity index (χ1) is 10.5. The van der Waals surface area contributed by atoms with Crippen LogP contribution in [0.15, 0.2) is 36.5 Å². The Hall–Kier alpha value is -1.88. The van der Waals surface area contributed by atoms with Gasteiger partial charge in [-0.15, -0.1) is 0 Å². The number of rotatable bonds is 10. The third-order valence-electron chi connectivity index (χ3n) is 2.96. The Labute approximate surface area is 126 Å². The zero-order chi connectivity index (χ0) is 16.4. The Morgan fingerprint density at radius 2 is 2.10 bits per heavy atom. The first-order valence-corrected chi connectivity index (χ1v) is 7.03. The summed E-state index contributed by atoms with van der Waals surface area (Å²) in [4.78, 5) is 21.5. The summed E-state index contributed by atoms with van der Waals surface area (Å²) in [5.41, 5.74) is 0.195. The van der Waals surface area contributed by atoms with E-state index in [-0.39, 0.29) is 12.0 Å². The molecule has 0 bridgehead atoms. The van der Waals surface area contributed by atoms with Crippen molar-refractivity contribution in [1.29, 1.82) is 0 Å². The molecule has 0 amide bonds. The molecule has 1 atom stereocenters. The molecule has 1 rings (SSSR count). The quantitative estimate of drug-likeness (QED) is 0.381. The average Bonchev–Trinajstić information content (AvgIpc) is 2.50. The Morgan fingerprint density at radius 1 is 1.38 bits per heavy atom. The van der Waals surface area contributed by atoms with Gasteiger partial charge in [0, 0.05) is 12.7 Å². The van der Waals surface area contributed by atoms with Gasteiger partial charge < -0.3 is 14.6 Å². The lowest BCUT2D eigenvalue weighted by molar-refractivity contribution is -0.138. The van der Waals surface area contributed by atoms with Gasteiger partial charge >= 0.3 is 11.9 Å². The number of hydrogen-bond donors (Lipinski definition) is 1. The molecule has 1 unspecified atom stereocenters. The maximum atomic E-state index is 10.8. The maximum Gasteiger partial charge on any atom is 0.335 e. The number of hydrogen-bond acceptors (Lipinski definition) is 4. The molecule has 0 aromatic heterocycles. The second-order valence-corrected chi connectivity index (χ2v) is 4.60. The van der Waals surface area contributed by atoms with Crippen LogP contribution < -0.4 is 0 Å². The third kappa shape index (κ3) is 7.46. The molecule has 116 valence electrons. The molecule has 1 N–H and O–H groups in total. The van der Waals surface area contributed by atoms with Crippen LogP contribution in [-0.4, -0.2) is 36.3 Å². The van der Waals surface area contributed by atoms with E-state index in [0.29, 0.717) is 13.2 Å². The number of unbranched alkanes of at least 4 members (excludes halogenated alkanes) is 3. The molecule has 0 saturated heterocycles. The van der Waals surface area contributed by atoms with Crippen LogP contribution in [0, 0.1) is 0 Å². The van der Waals surface area contributed by atoms with Crippen molar-refractivity contribution in [3.05, 3.63) is 36.5 Å². The Bertz CT molecular complexity index is 469. The summed E-state index contributed by atoms with van der Waals surface area (Å²) in [7, 11) is 0. The van der Waals surface area contributed by atoms with Crippen LogP contribution in [0.2, 0.25) is 0 Å². The molecule has 1 aliphatic carbocycles. The van der Waals surface area contributed by atoms with Crippen molar-refractivity contribution in [3.63, 3.8) is 0 Å². The van der Waals surface area contributed by atoms with Gasteiger partial charge in [-0.05, 0) is 31.8 Å². The molecule has 0 fully saturated rings. The molecule has 1 aliphatic rings. The minimum atomic E-state index is -1.17. The molecule has 0 heterocycles. The summed E-state index contributed by atoms with van der Waals surface area (Å²) >= 11 is 0. The summed E-state index contributed by atoms with van der Waals surface area (Å²) in [5, 5.41) is 8.82. The van der Waals surface area contributed by atoms with E-state index in [1.54, 1.807) is 0 Å². The second kappa shape index (κ2) is 9.94. The first-order valence-electron chi connectivity index (χ1n) is 7.53. The summed E-state index contributed by atoms with van der Waals surface area (Å²) in [6.07, 6.45) is 8.03. The molecule has 5 nitrogen and oxygen atoms in total. The van der Waals surface area contributed by atoms with E-state index in [0.717, 1.165) is 31.8 Å². The number of aliphatic carboxylic acids is 1. The number of esters is 1. The van der Waals surface area contributed by atoms with Crippen LogP contribution in [0.5, 0.6) is 0 Å². The van der Waals surface area contributed by atoms with Crippen molar-refractivity contribution in [2.75, 3.05) is 13.2 Å². The molecule has 5 heteroatoms. The van der Waals surface area contributed by atoms with Gasteiger partial charge in [-0.3, -0.25) is 0 Å². The molecule has 0 aromatic carbocycles. The van der Waals surface area contributed by atoms with Crippen molar-refractivity contribution in [3.8, 4) is 0 Å². The predicted molar refractivity (Wildman–Crippen MR) is 78.8 cm³/mol. The Balaban J connectivity index is 2.08. The first kappa shape index (κ1) is 15.5. The fraction of sp³-hybridized carbons (Fsp3) is 0.500. The van der Waals surface area contributed by atoms with E-state index in [1.165, 1.54) is 18.2 Å². The Morgan fingerprint density at radius 3 is 2.67 bits per heavy atom. The van der Waals surface area contributed by atoms with Gasteiger partial charge in [-0.25, -0.2) is 9.59 Å². The number of carboxylic acids is 1. The minimum Gasteiger partial charge on any atom is -0.478 e. The number of carbonyl (C=O) groups is 2. The lowest BCUT2D eigenvalue weighted by Gasteiger charge is -2.15. The molecule has 0 spiro atoms. The van der Waals surface area contributed by atoms with Crippen LogP contribution in [0.25, 0.3) is 0 Å². The topological polar surface area (TPSA) is 72.8 Å². The van der Waals surface area contributed by atoms with Gasteiger partial charge in [0.15, 0.2) is 0 Å². The van der Waals surface area contributed by atoms with Crippen molar-refractivity contribution in [2.24, 2.45) is 0 Å². The van der Waals surface area contributed by atoms with Crippen molar-refractivity contribution >= 4 is 11.9 Å². The van der Waals surface area contributed by atoms with Crippen LogP contribution in [0.1, 0.15) is 33.5 Å². The van der Waals surface area contributed by atoms with Crippen LogP contribution in [0.4, 0.5) is 0 Å². The lowest BCUT2D eigenvalue weighted by atomic mass is 10.1. The minimum absolute atomic E-state index is 0.195. The largest absolute Gasteiger partial charge is 0.478 e. The molecular formula is C16H22O5.